The van der Waals surface area contributed by atoms with Crippen LogP contribution < -0.4 is 21.7 Å². The van der Waals surface area contributed by atoms with Crippen molar-refractivity contribution >= 4 is 28.8 Å². The zero-order valence-electron chi connectivity index (χ0n) is 11.4. The fourth-order valence-corrected chi connectivity index (χ4v) is 1.77. The summed E-state index contributed by atoms with van der Waals surface area (Å²) in [7, 11) is 3.91. The highest BCUT2D eigenvalue weighted by molar-refractivity contribution is 5.99. The molecule has 1 amide bonds. The average molecular weight is 271 g/mol. The van der Waals surface area contributed by atoms with E-state index in [0.29, 0.717) is 11.5 Å². The number of anilines is 4. The van der Waals surface area contributed by atoms with E-state index in [2.05, 4.69) is 10.3 Å². The lowest BCUT2D eigenvalue weighted by Crippen LogP contribution is -2.15. The second-order valence-electron chi connectivity index (χ2n) is 4.60. The van der Waals surface area contributed by atoms with Crippen LogP contribution in [0.1, 0.15) is 10.4 Å². The largest absolute Gasteiger partial charge is 0.397 e. The van der Waals surface area contributed by atoms with E-state index in [-0.39, 0.29) is 5.56 Å². The molecule has 0 spiro atoms. The number of rotatable bonds is 4. The van der Waals surface area contributed by atoms with Gasteiger partial charge in [0.2, 0.25) is 0 Å². The van der Waals surface area contributed by atoms with Crippen molar-refractivity contribution in [2.45, 2.75) is 0 Å². The Bertz CT molecular complexity index is 639. The molecule has 0 unspecified atom stereocenters. The summed E-state index contributed by atoms with van der Waals surface area (Å²) in [4.78, 5) is 17.5. The van der Waals surface area contributed by atoms with E-state index in [1.54, 1.807) is 0 Å². The van der Waals surface area contributed by atoms with Gasteiger partial charge in [0, 0.05) is 25.5 Å². The van der Waals surface area contributed by atoms with Crippen molar-refractivity contribution in [2.75, 3.05) is 30.0 Å². The monoisotopic (exact) mass is 271 g/mol. The van der Waals surface area contributed by atoms with Crippen LogP contribution in [0.4, 0.5) is 22.9 Å². The first-order chi connectivity index (χ1) is 9.47. The third-order valence-corrected chi connectivity index (χ3v) is 2.80. The molecule has 2 aromatic rings. The Morgan fingerprint density at radius 3 is 2.70 bits per heavy atom. The first-order valence-corrected chi connectivity index (χ1v) is 6.07. The standard InChI is InChI=1S/C14H17N5O/c1-19(2)11-5-3-4-10(7-11)18-14-12(13(16)20)6-9(15)8-17-14/h3-8H,15H2,1-2H3,(H2,16,20)(H,17,18). The van der Waals surface area contributed by atoms with E-state index in [1.165, 1.54) is 12.3 Å². The van der Waals surface area contributed by atoms with Gasteiger partial charge in [-0.2, -0.15) is 0 Å². The lowest BCUT2D eigenvalue weighted by Gasteiger charge is -2.15. The van der Waals surface area contributed by atoms with E-state index in [4.69, 9.17) is 11.5 Å². The number of aromatic nitrogens is 1. The zero-order chi connectivity index (χ0) is 14.7. The summed E-state index contributed by atoms with van der Waals surface area (Å²) >= 11 is 0. The Balaban J connectivity index is 2.35. The minimum absolute atomic E-state index is 0.264. The summed E-state index contributed by atoms with van der Waals surface area (Å²) in [5.74, 6) is -0.182. The van der Waals surface area contributed by atoms with E-state index < -0.39 is 5.91 Å². The molecule has 0 radical (unpaired) electrons. The molecule has 2 rings (SSSR count). The number of nitrogens with one attached hydrogen (secondary N) is 1. The maximum atomic E-state index is 11.4. The molecule has 6 heteroatoms. The predicted molar refractivity (Wildman–Crippen MR) is 81.2 cm³/mol. The number of carbonyl (C=O) groups excluding carboxylic acids is 1. The molecule has 0 saturated carbocycles. The van der Waals surface area contributed by atoms with E-state index in [9.17, 15) is 4.79 Å². The molecule has 0 aliphatic carbocycles. The highest BCUT2D eigenvalue weighted by Crippen LogP contribution is 2.23. The van der Waals surface area contributed by atoms with Gasteiger partial charge in [-0.3, -0.25) is 4.79 Å². The van der Waals surface area contributed by atoms with Gasteiger partial charge in [0.15, 0.2) is 0 Å². The Labute approximate surface area is 117 Å². The van der Waals surface area contributed by atoms with Crippen LogP contribution in [0.2, 0.25) is 0 Å². The third kappa shape index (κ3) is 2.97. The molecular weight excluding hydrogens is 254 g/mol. The smallest absolute Gasteiger partial charge is 0.252 e. The number of carbonyl (C=O) groups is 1. The molecule has 0 fully saturated rings. The van der Waals surface area contributed by atoms with Crippen LogP contribution in [0, 0.1) is 0 Å². The van der Waals surface area contributed by atoms with Crippen molar-refractivity contribution in [3.05, 3.63) is 42.1 Å². The van der Waals surface area contributed by atoms with Gasteiger partial charge in [0.05, 0.1) is 17.4 Å². The molecule has 104 valence electrons. The maximum Gasteiger partial charge on any atom is 0.252 e. The summed E-state index contributed by atoms with van der Waals surface area (Å²) in [6.45, 7) is 0. The second kappa shape index (κ2) is 5.48. The Kier molecular flexibility index (Phi) is 3.74. The number of hydrogen-bond acceptors (Lipinski definition) is 5. The number of nitrogens with zero attached hydrogens (tertiary/aromatic N) is 2. The minimum Gasteiger partial charge on any atom is -0.397 e. The number of pyridine rings is 1. The molecule has 5 N–H and O–H groups in total. The summed E-state index contributed by atoms with van der Waals surface area (Å²) in [5, 5.41) is 3.08. The topological polar surface area (TPSA) is 97.3 Å². The zero-order valence-corrected chi connectivity index (χ0v) is 11.4. The van der Waals surface area contributed by atoms with Crippen molar-refractivity contribution in [3.8, 4) is 0 Å². The van der Waals surface area contributed by atoms with Crippen LogP contribution in [-0.2, 0) is 0 Å². The molecule has 0 atom stereocenters. The number of amides is 1. The molecule has 0 aliphatic heterocycles. The normalized spacial score (nSPS) is 10.1. The van der Waals surface area contributed by atoms with Crippen LogP contribution in [0.5, 0.6) is 0 Å². The Morgan fingerprint density at radius 2 is 2.05 bits per heavy atom. The lowest BCUT2D eigenvalue weighted by molar-refractivity contribution is 0.100. The van der Waals surface area contributed by atoms with Gasteiger partial charge >= 0.3 is 0 Å². The van der Waals surface area contributed by atoms with Crippen LogP contribution in [0.3, 0.4) is 0 Å². The molecule has 1 aromatic carbocycles. The number of benzene rings is 1. The van der Waals surface area contributed by atoms with Crippen LogP contribution in [-0.4, -0.2) is 25.0 Å². The van der Waals surface area contributed by atoms with Crippen molar-refractivity contribution in [1.29, 1.82) is 0 Å². The van der Waals surface area contributed by atoms with Crippen molar-refractivity contribution in [2.24, 2.45) is 5.73 Å². The number of hydrogen-bond donors (Lipinski definition) is 3. The molecule has 1 heterocycles. The quantitative estimate of drug-likeness (QED) is 0.784. The first-order valence-electron chi connectivity index (χ1n) is 6.07. The predicted octanol–water partition coefficient (Wildman–Crippen LogP) is 1.57. The average Bonchev–Trinajstić information content (AvgIpc) is 2.41. The summed E-state index contributed by atoms with van der Waals surface area (Å²) in [5.41, 5.74) is 13.5. The van der Waals surface area contributed by atoms with Gasteiger partial charge in [0.25, 0.3) is 5.91 Å². The Hall–Kier alpha value is -2.76. The van der Waals surface area contributed by atoms with Crippen LogP contribution >= 0.6 is 0 Å². The van der Waals surface area contributed by atoms with Crippen molar-refractivity contribution in [1.82, 2.24) is 4.98 Å². The van der Waals surface area contributed by atoms with Crippen LogP contribution in [0.25, 0.3) is 0 Å². The SMILES string of the molecule is CN(C)c1cccc(Nc2ncc(N)cc2C(N)=O)c1. The van der Waals surface area contributed by atoms with Gasteiger partial charge in [-0.05, 0) is 24.3 Å². The van der Waals surface area contributed by atoms with Gasteiger partial charge in [-0.1, -0.05) is 6.07 Å². The fraction of sp³-hybridized carbons (Fsp3) is 0.143. The fourth-order valence-electron chi connectivity index (χ4n) is 1.77. The highest BCUT2D eigenvalue weighted by atomic mass is 16.1. The van der Waals surface area contributed by atoms with E-state index in [0.717, 1.165) is 11.4 Å². The summed E-state index contributed by atoms with van der Waals surface area (Å²) < 4.78 is 0. The summed E-state index contributed by atoms with van der Waals surface area (Å²) in [6.07, 6.45) is 1.48. The molecule has 0 aliphatic rings. The maximum absolute atomic E-state index is 11.4. The Morgan fingerprint density at radius 1 is 1.30 bits per heavy atom. The van der Waals surface area contributed by atoms with Crippen molar-refractivity contribution in [3.63, 3.8) is 0 Å². The molecular formula is C14H17N5O. The lowest BCUT2D eigenvalue weighted by atomic mass is 10.2. The number of nitrogen functional groups attached to an aromatic ring is 1. The molecule has 0 saturated heterocycles. The van der Waals surface area contributed by atoms with E-state index in [1.807, 2.05) is 43.3 Å². The molecule has 0 bridgehead atoms. The van der Waals surface area contributed by atoms with E-state index >= 15 is 0 Å². The number of primary amides is 1. The van der Waals surface area contributed by atoms with Gasteiger partial charge in [-0.25, -0.2) is 4.98 Å². The minimum atomic E-state index is -0.573. The van der Waals surface area contributed by atoms with Crippen molar-refractivity contribution < 1.29 is 4.79 Å². The van der Waals surface area contributed by atoms with Crippen LogP contribution in [0.15, 0.2) is 36.5 Å². The first kappa shape index (κ1) is 13.7. The van der Waals surface area contributed by atoms with Gasteiger partial charge < -0.3 is 21.7 Å². The second-order valence-corrected chi connectivity index (χ2v) is 4.60. The molecule has 20 heavy (non-hydrogen) atoms. The third-order valence-electron chi connectivity index (χ3n) is 2.80. The molecule has 1 aromatic heterocycles. The highest BCUT2D eigenvalue weighted by Gasteiger charge is 2.10. The number of nitrogens with two attached hydrogens (primary N) is 2. The molecule has 6 nitrogen and oxygen atoms in total. The summed E-state index contributed by atoms with van der Waals surface area (Å²) in [6, 6.07) is 9.24. The van der Waals surface area contributed by atoms with Gasteiger partial charge in [-0.15, -0.1) is 0 Å². The van der Waals surface area contributed by atoms with Gasteiger partial charge in [0.1, 0.15) is 5.82 Å².